The van der Waals surface area contributed by atoms with Crippen LogP contribution in [-0.2, 0) is 19.9 Å². The first-order valence-corrected chi connectivity index (χ1v) is 9.80. The van der Waals surface area contributed by atoms with E-state index in [0.29, 0.717) is 5.95 Å². The van der Waals surface area contributed by atoms with E-state index in [-0.39, 0.29) is 0 Å². The number of aromatic nitrogens is 6. The summed E-state index contributed by atoms with van der Waals surface area (Å²) in [5.41, 5.74) is 7.38. The zero-order valence-corrected chi connectivity index (χ0v) is 16.8. The molecule has 0 aliphatic heterocycles. The van der Waals surface area contributed by atoms with E-state index in [1.807, 2.05) is 36.9 Å². The summed E-state index contributed by atoms with van der Waals surface area (Å²) in [5.74, 6) is 0.509. The fourth-order valence-electron chi connectivity index (χ4n) is 4.03. The molecule has 0 saturated carbocycles. The minimum absolute atomic E-state index is 0.509. The largest absolute Gasteiger partial charge is 0.327 e. The van der Waals surface area contributed by atoms with Crippen molar-refractivity contribution in [3.05, 3.63) is 77.1 Å². The van der Waals surface area contributed by atoms with Gasteiger partial charge in [-0.25, -0.2) is 4.68 Å². The molecule has 2 aromatic carbocycles. The van der Waals surface area contributed by atoms with Crippen LogP contribution in [0.5, 0.6) is 0 Å². The molecule has 0 aliphatic rings. The van der Waals surface area contributed by atoms with Crippen LogP contribution in [0.3, 0.4) is 0 Å². The van der Waals surface area contributed by atoms with Gasteiger partial charge in [0.1, 0.15) is 5.52 Å². The van der Waals surface area contributed by atoms with Crippen molar-refractivity contribution >= 4 is 22.1 Å². The van der Waals surface area contributed by atoms with E-state index in [1.54, 1.807) is 0 Å². The maximum absolute atomic E-state index is 4.81. The Morgan fingerprint density at radius 3 is 2.45 bits per heavy atom. The molecule has 144 valence electrons. The molecule has 5 rings (SSSR count). The smallest absolute Gasteiger partial charge is 0.272 e. The standard InChI is InChI=1S/C23H22N6/c1-15-18(14-13-17-9-5-4-6-10-17)16(2)29(27-15)23-24-22-21(25-26-23)19-11-7-8-12-20(19)28(22)3/h4-12H,13-14H2,1-3H3. The first-order chi connectivity index (χ1) is 14.1. The molecule has 0 unspecified atom stereocenters. The Bertz CT molecular complexity index is 1330. The summed E-state index contributed by atoms with van der Waals surface area (Å²) >= 11 is 0. The molecule has 6 heteroatoms. The highest BCUT2D eigenvalue weighted by Crippen LogP contribution is 2.25. The number of para-hydroxylation sites is 1. The molecule has 0 spiro atoms. The molecule has 6 nitrogen and oxygen atoms in total. The highest BCUT2D eigenvalue weighted by Gasteiger charge is 2.17. The van der Waals surface area contributed by atoms with E-state index in [1.165, 1.54) is 11.1 Å². The van der Waals surface area contributed by atoms with Gasteiger partial charge in [0.25, 0.3) is 5.95 Å². The third-order valence-corrected chi connectivity index (χ3v) is 5.63. The second-order valence-electron chi connectivity index (χ2n) is 7.41. The Hall–Kier alpha value is -3.54. The number of aryl methyl sites for hydroxylation is 3. The average molecular weight is 382 g/mol. The summed E-state index contributed by atoms with van der Waals surface area (Å²) in [6.45, 7) is 4.13. The van der Waals surface area contributed by atoms with Crippen molar-refractivity contribution < 1.29 is 0 Å². The van der Waals surface area contributed by atoms with E-state index < -0.39 is 0 Å². The van der Waals surface area contributed by atoms with Crippen LogP contribution in [-0.4, -0.2) is 29.5 Å². The van der Waals surface area contributed by atoms with E-state index in [2.05, 4.69) is 58.1 Å². The molecular weight excluding hydrogens is 360 g/mol. The van der Waals surface area contributed by atoms with Crippen molar-refractivity contribution in [2.24, 2.45) is 7.05 Å². The maximum atomic E-state index is 4.81. The molecule has 3 heterocycles. The summed E-state index contributed by atoms with van der Waals surface area (Å²) in [6.07, 6.45) is 1.92. The van der Waals surface area contributed by atoms with E-state index >= 15 is 0 Å². The molecular formula is C23H22N6. The SMILES string of the molecule is Cc1nn(-c2nnc3c4ccccc4n(C)c3n2)c(C)c1CCc1ccccc1. The molecule has 0 N–H and O–H groups in total. The second-order valence-corrected chi connectivity index (χ2v) is 7.41. The molecule has 3 aromatic heterocycles. The van der Waals surface area contributed by atoms with Crippen LogP contribution in [0.25, 0.3) is 28.0 Å². The van der Waals surface area contributed by atoms with Crippen molar-refractivity contribution in [1.82, 2.24) is 29.5 Å². The van der Waals surface area contributed by atoms with E-state index in [9.17, 15) is 0 Å². The lowest BCUT2D eigenvalue weighted by Crippen LogP contribution is -2.07. The minimum Gasteiger partial charge on any atom is -0.327 e. The van der Waals surface area contributed by atoms with Crippen molar-refractivity contribution in [2.45, 2.75) is 26.7 Å². The Morgan fingerprint density at radius 2 is 1.62 bits per heavy atom. The van der Waals surface area contributed by atoms with Crippen LogP contribution in [0.1, 0.15) is 22.5 Å². The molecule has 5 aromatic rings. The van der Waals surface area contributed by atoms with Crippen molar-refractivity contribution in [3.63, 3.8) is 0 Å². The minimum atomic E-state index is 0.509. The molecule has 0 amide bonds. The lowest BCUT2D eigenvalue weighted by molar-refractivity contribution is 0.751. The van der Waals surface area contributed by atoms with Gasteiger partial charge < -0.3 is 4.57 Å². The van der Waals surface area contributed by atoms with Crippen LogP contribution in [0.15, 0.2) is 54.6 Å². The quantitative estimate of drug-likeness (QED) is 0.469. The normalized spacial score (nSPS) is 11.6. The van der Waals surface area contributed by atoms with Gasteiger partial charge in [0, 0.05) is 18.1 Å². The predicted molar refractivity (Wildman–Crippen MR) is 114 cm³/mol. The number of rotatable bonds is 4. The first kappa shape index (κ1) is 17.6. The number of hydrogen-bond donors (Lipinski definition) is 0. The second kappa shape index (κ2) is 6.81. The average Bonchev–Trinajstić information content (AvgIpc) is 3.21. The van der Waals surface area contributed by atoms with Crippen LogP contribution >= 0.6 is 0 Å². The van der Waals surface area contributed by atoms with Gasteiger partial charge in [-0.2, -0.15) is 10.1 Å². The zero-order valence-electron chi connectivity index (χ0n) is 16.8. The van der Waals surface area contributed by atoms with Gasteiger partial charge >= 0.3 is 0 Å². The van der Waals surface area contributed by atoms with Gasteiger partial charge in [-0.15, -0.1) is 10.2 Å². The van der Waals surface area contributed by atoms with Crippen LogP contribution in [0.2, 0.25) is 0 Å². The molecule has 0 atom stereocenters. The summed E-state index contributed by atoms with van der Waals surface area (Å²) in [7, 11) is 2.01. The van der Waals surface area contributed by atoms with E-state index in [0.717, 1.165) is 46.3 Å². The maximum Gasteiger partial charge on any atom is 0.272 e. The first-order valence-electron chi connectivity index (χ1n) is 9.80. The van der Waals surface area contributed by atoms with Crippen LogP contribution in [0.4, 0.5) is 0 Å². The number of fused-ring (bicyclic) bond motifs is 3. The molecule has 0 saturated heterocycles. The Balaban J connectivity index is 1.55. The molecule has 0 radical (unpaired) electrons. The summed E-state index contributed by atoms with van der Waals surface area (Å²) in [4.78, 5) is 4.81. The summed E-state index contributed by atoms with van der Waals surface area (Å²) in [6, 6.07) is 18.7. The molecule has 29 heavy (non-hydrogen) atoms. The predicted octanol–water partition coefficient (Wildman–Crippen LogP) is 4.10. The summed E-state index contributed by atoms with van der Waals surface area (Å²) in [5, 5.41) is 14.7. The Kier molecular flexibility index (Phi) is 4.12. The lowest BCUT2D eigenvalue weighted by atomic mass is 10.0. The monoisotopic (exact) mass is 382 g/mol. The molecule has 0 aliphatic carbocycles. The Labute approximate surface area is 168 Å². The van der Waals surface area contributed by atoms with Gasteiger partial charge in [0.05, 0.1) is 11.2 Å². The third kappa shape index (κ3) is 2.88. The number of hydrogen-bond acceptors (Lipinski definition) is 4. The van der Waals surface area contributed by atoms with Gasteiger partial charge in [-0.1, -0.05) is 48.5 Å². The van der Waals surface area contributed by atoms with Crippen molar-refractivity contribution in [3.8, 4) is 5.95 Å². The van der Waals surface area contributed by atoms with Crippen molar-refractivity contribution in [2.75, 3.05) is 0 Å². The topological polar surface area (TPSA) is 61.4 Å². The summed E-state index contributed by atoms with van der Waals surface area (Å²) < 4.78 is 3.88. The highest BCUT2D eigenvalue weighted by molar-refractivity contribution is 6.03. The van der Waals surface area contributed by atoms with Crippen molar-refractivity contribution in [1.29, 1.82) is 0 Å². The van der Waals surface area contributed by atoms with Gasteiger partial charge in [-0.05, 0) is 43.9 Å². The lowest BCUT2D eigenvalue weighted by Gasteiger charge is -2.05. The van der Waals surface area contributed by atoms with Gasteiger partial charge in [0.2, 0.25) is 0 Å². The van der Waals surface area contributed by atoms with Crippen LogP contribution in [0, 0.1) is 13.8 Å². The fourth-order valence-corrected chi connectivity index (χ4v) is 4.03. The number of nitrogens with zero attached hydrogens (tertiary/aromatic N) is 6. The Morgan fingerprint density at radius 1 is 0.862 bits per heavy atom. The third-order valence-electron chi connectivity index (χ3n) is 5.63. The highest BCUT2D eigenvalue weighted by atomic mass is 15.4. The number of benzene rings is 2. The van der Waals surface area contributed by atoms with Gasteiger partial charge in [0.15, 0.2) is 5.65 Å². The van der Waals surface area contributed by atoms with Gasteiger partial charge in [-0.3, -0.25) is 0 Å². The van der Waals surface area contributed by atoms with E-state index in [4.69, 9.17) is 10.1 Å². The molecule has 0 fully saturated rings. The molecule has 0 bridgehead atoms. The fraction of sp³-hybridized carbons (Fsp3) is 0.217. The zero-order chi connectivity index (χ0) is 20.0. The van der Waals surface area contributed by atoms with Crippen LogP contribution < -0.4 is 0 Å².